The molecule has 1 atom stereocenters. The molecule has 7 nitrogen and oxygen atoms in total. The van der Waals surface area contributed by atoms with E-state index >= 15 is 0 Å². The van der Waals surface area contributed by atoms with Gasteiger partial charge in [-0.05, 0) is 62.5 Å². The maximum Gasteiger partial charge on any atom is 0.279 e. The van der Waals surface area contributed by atoms with Crippen molar-refractivity contribution >= 4 is 58.4 Å². The second kappa shape index (κ2) is 10.1. The maximum atomic E-state index is 12.1. The van der Waals surface area contributed by atoms with Crippen LogP contribution in [0.2, 0.25) is 10.0 Å². The minimum absolute atomic E-state index is 0.0876. The number of carbonyl (C=O) groups excluding carboxylic acids is 2. The number of carbonyl (C=O) groups is 2. The van der Waals surface area contributed by atoms with Crippen LogP contribution in [0.1, 0.15) is 18.4 Å². The van der Waals surface area contributed by atoms with E-state index in [2.05, 4.69) is 16.2 Å². The summed E-state index contributed by atoms with van der Waals surface area (Å²) in [6.45, 7) is 3.32. The smallest absolute Gasteiger partial charge is 0.279 e. The molecule has 3 N–H and O–H groups in total. The highest BCUT2D eigenvalue weighted by Crippen LogP contribution is 2.28. The highest BCUT2D eigenvalue weighted by Gasteiger charge is 2.16. The summed E-state index contributed by atoms with van der Waals surface area (Å²) in [7, 11) is 0. The quantitative estimate of drug-likeness (QED) is 0.374. The minimum atomic E-state index is -0.883. The largest absolute Gasteiger partial charge is 0.479 e. The topological polar surface area (TPSA) is 92.6 Å². The number of nitrogens with one attached hydrogen (secondary N) is 3. The van der Waals surface area contributed by atoms with E-state index in [9.17, 15) is 9.59 Å². The van der Waals surface area contributed by atoms with Gasteiger partial charge < -0.3 is 9.15 Å². The first-order valence-corrected chi connectivity index (χ1v) is 9.18. The van der Waals surface area contributed by atoms with Gasteiger partial charge in [0.1, 0.15) is 17.3 Å². The van der Waals surface area contributed by atoms with Crippen LogP contribution in [-0.2, 0) is 9.59 Å². The van der Waals surface area contributed by atoms with E-state index in [0.717, 1.165) is 5.76 Å². The third kappa shape index (κ3) is 6.88. The first-order chi connectivity index (χ1) is 13.2. The third-order valence-electron chi connectivity index (χ3n) is 3.26. The van der Waals surface area contributed by atoms with Crippen LogP contribution >= 0.6 is 35.4 Å². The lowest BCUT2D eigenvalue weighted by Crippen LogP contribution is -2.51. The second-order valence-corrected chi connectivity index (χ2v) is 6.80. The molecule has 0 saturated carbocycles. The Hall–Kier alpha value is -2.55. The molecule has 1 unspecified atom stereocenters. The Morgan fingerprint density at radius 3 is 2.61 bits per heavy atom. The molecule has 1 aromatic carbocycles. The van der Waals surface area contributed by atoms with Gasteiger partial charge in [-0.15, -0.1) is 0 Å². The molecule has 2 amide bonds. The van der Waals surface area contributed by atoms with Gasteiger partial charge in [0.25, 0.3) is 5.91 Å². The predicted octanol–water partition coefficient (Wildman–Crippen LogP) is 3.40. The minimum Gasteiger partial charge on any atom is -0.479 e. The fraction of sp³-hybridized carbons (Fsp3) is 0.167. The Balaban J connectivity index is 1.77. The van der Waals surface area contributed by atoms with Crippen LogP contribution in [-0.4, -0.2) is 23.0 Å². The molecule has 0 radical (unpaired) electrons. The van der Waals surface area contributed by atoms with Gasteiger partial charge in [-0.25, -0.2) is 0 Å². The van der Waals surface area contributed by atoms with Crippen molar-refractivity contribution in [3.63, 3.8) is 0 Å². The molecule has 28 heavy (non-hydrogen) atoms. The van der Waals surface area contributed by atoms with E-state index in [4.69, 9.17) is 44.6 Å². The van der Waals surface area contributed by atoms with Crippen LogP contribution in [0, 0.1) is 6.92 Å². The van der Waals surface area contributed by atoms with Gasteiger partial charge in [0.2, 0.25) is 5.91 Å². The number of rotatable bonds is 5. The lowest BCUT2D eigenvalue weighted by atomic mass is 10.3. The molecule has 10 heteroatoms. The summed E-state index contributed by atoms with van der Waals surface area (Å²) in [4.78, 5) is 23.9. The van der Waals surface area contributed by atoms with Crippen LogP contribution in [0.25, 0.3) is 6.08 Å². The van der Waals surface area contributed by atoms with Gasteiger partial charge in [0, 0.05) is 11.1 Å². The first-order valence-electron chi connectivity index (χ1n) is 8.01. The molecule has 0 saturated heterocycles. The van der Waals surface area contributed by atoms with E-state index in [1.807, 2.05) is 0 Å². The van der Waals surface area contributed by atoms with Crippen LogP contribution in [0.4, 0.5) is 0 Å². The second-order valence-electron chi connectivity index (χ2n) is 5.55. The normalized spacial score (nSPS) is 11.7. The Labute approximate surface area is 177 Å². The van der Waals surface area contributed by atoms with E-state index in [1.165, 1.54) is 25.1 Å². The summed E-state index contributed by atoms with van der Waals surface area (Å²) in [5.41, 5.74) is 4.75. The zero-order valence-electron chi connectivity index (χ0n) is 14.9. The maximum absolute atomic E-state index is 12.1. The first kappa shape index (κ1) is 21.7. The Morgan fingerprint density at radius 1 is 1.21 bits per heavy atom. The molecule has 0 bridgehead atoms. The number of thiocarbonyl (C=S) groups is 1. The lowest BCUT2D eigenvalue weighted by Gasteiger charge is -2.16. The van der Waals surface area contributed by atoms with Crippen LogP contribution < -0.4 is 20.9 Å². The van der Waals surface area contributed by atoms with Crippen molar-refractivity contribution in [3.8, 4) is 5.75 Å². The van der Waals surface area contributed by atoms with Crippen molar-refractivity contribution in [2.24, 2.45) is 0 Å². The molecule has 2 rings (SSSR count). The summed E-state index contributed by atoms with van der Waals surface area (Å²) in [5, 5.41) is 3.02. The summed E-state index contributed by atoms with van der Waals surface area (Å²) in [6.07, 6.45) is 1.87. The number of amides is 2. The van der Waals surface area contributed by atoms with Crippen molar-refractivity contribution in [1.29, 1.82) is 0 Å². The van der Waals surface area contributed by atoms with Gasteiger partial charge in [-0.3, -0.25) is 25.8 Å². The van der Waals surface area contributed by atoms with Crippen molar-refractivity contribution in [1.82, 2.24) is 16.2 Å². The van der Waals surface area contributed by atoms with E-state index in [1.54, 1.807) is 31.2 Å². The molecule has 0 aliphatic heterocycles. The fourth-order valence-corrected chi connectivity index (χ4v) is 2.53. The summed E-state index contributed by atoms with van der Waals surface area (Å²) in [5.74, 6) is 0.563. The molecule has 1 heterocycles. The Bertz CT molecular complexity index is 914. The number of furan rings is 1. The van der Waals surface area contributed by atoms with E-state index in [0.29, 0.717) is 16.5 Å². The highest BCUT2D eigenvalue weighted by molar-refractivity contribution is 7.80. The van der Waals surface area contributed by atoms with Crippen molar-refractivity contribution in [2.75, 3.05) is 0 Å². The Kier molecular flexibility index (Phi) is 7.86. The predicted molar refractivity (Wildman–Crippen MR) is 111 cm³/mol. The molecule has 0 aliphatic carbocycles. The number of hydrogen-bond donors (Lipinski definition) is 3. The molecule has 0 aliphatic rings. The molecule has 0 spiro atoms. The lowest BCUT2D eigenvalue weighted by molar-refractivity contribution is -0.128. The van der Waals surface area contributed by atoms with Crippen LogP contribution in [0.15, 0.2) is 40.8 Å². The van der Waals surface area contributed by atoms with Gasteiger partial charge >= 0.3 is 0 Å². The van der Waals surface area contributed by atoms with Gasteiger partial charge in [0.15, 0.2) is 11.2 Å². The Morgan fingerprint density at radius 2 is 1.96 bits per heavy atom. The molecule has 148 valence electrons. The molecular weight excluding hydrogens is 425 g/mol. The van der Waals surface area contributed by atoms with Crippen molar-refractivity contribution in [3.05, 3.63) is 58.0 Å². The molecule has 2 aromatic rings. The SMILES string of the molecule is Cc1ccc(/C=C/C(=O)NC(=S)NNC(=O)C(C)Oc2ccc(Cl)cc2Cl)o1. The standard InChI is InChI=1S/C18H17Cl2N3O4S/c1-10-3-5-13(26-10)6-8-16(24)21-18(28)23-22-17(25)11(2)27-15-7-4-12(19)9-14(15)20/h3-9,11H,1-2H3,(H,22,25)(H2,21,23,24,28)/b8-6+. The molecular formula is C18H17Cl2N3O4S. The van der Waals surface area contributed by atoms with Crippen molar-refractivity contribution in [2.45, 2.75) is 20.0 Å². The number of hydrogen-bond acceptors (Lipinski definition) is 5. The molecule has 0 fully saturated rings. The van der Waals surface area contributed by atoms with Gasteiger partial charge in [0.05, 0.1) is 5.02 Å². The number of hydrazine groups is 1. The van der Waals surface area contributed by atoms with Crippen LogP contribution in [0.3, 0.4) is 0 Å². The average Bonchev–Trinajstić information content (AvgIpc) is 3.05. The molecule has 1 aromatic heterocycles. The number of aryl methyl sites for hydroxylation is 1. The average molecular weight is 442 g/mol. The van der Waals surface area contributed by atoms with Crippen molar-refractivity contribution < 1.29 is 18.7 Å². The highest BCUT2D eigenvalue weighted by atomic mass is 35.5. The van der Waals surface area contributed by atoms with Gasteiger partial charge in [-0.1, -0.05) is 23.2 Å². The van der Waals surface area contributed by atoms with E-state index < -0.39 is 17.9 Å². The van der Waals surface area contributed by atoms with Crippen LogP contribution in [0.5, 0.6) is 5.75 Å². The zero-order valence-corrected chi connectivity index (χ0v) is 17.2. The summed E-state index contributed by atoms with van der Waals surface area (Å²) < 4.78 is 10.8. The third-order valence-corrected chi connectivity index (χ3v) is 4.00. The number of halogens is 2. The summed E-state index contributed by atoms with van der Waals surface area (Å²) >= 11 is 16.8. The summed E-state index contributed by atoms with van der Waals surface area (Å²) in [6, 6.07) is 8.15. The fourth-order valence-electron chi connectivity index (χ4n) is 1.92. The zero-order chi connectivity index (χ0) is 20.7. The van der Waals surface area contributed by atoms with E-state index in [-0.39, 0.29) is 10.1 Å². The monoisotopic (exact) mass is 441 g/mol. The number of ether oxygens (including phenoxy) is 1. The number of benzene rings is 1. The van der Waals surface area contributed by atoms with Gasteiger partial charge in [-0.2, -0.15) is 0 Å².